The van der Waals surface area contributed by atoms with Gasteiger partial charge in [0.1, 0.15) is 19.3 Å². The molecule has 0 radical (unpaired) electrons. The molecule has 0 aromatic rings. The third kappa shape index (κ3) is 72.3. The average Bonchev–Trinajstić information content (AvgIpc) is 0.962. The second-order valence-corrected chi connectivity index (χ2v) is 29.2. The Labute approximate surface area is 607 Å². The molecule has 17 nitrogen and oxygen atoms in total. The minimum absolute atomic E-state index is 0.0176. The number of aliphatic hydroxyl groups is 1. The smallest absolute Gasteiger partial charge is 0.462 e. The van der Waals surface area contributed by atoms with Gasteiger partial charge in [-0.2, -0.15) is 0 Å². The van der Waals surface area contributed by atoms with Gasteiger partial charge in [-0.1, -0.05) is 266 Å². The predicted octanol–water partition coefficient (Wildman–Crippen LogP) is 22.8. The van der Waals surface area contributed by atoms with Crippen LogP contribution in [0.5, 0.6) is 0 Å². The number of phosphoric ester groups is 2. The standard InChI is InChI=1S/C81H142O17P2/c1-5-9-13-17-21-25-29-33-36-37-40-44-48-52-56-60-64-68-81(86)98-77(72-92-79(84)66-62-58-54-50-46-43-39-35-31-27-23-19-15-11-7-3)74-96-100(89,90)94-70-75(82)69-93-99(87,88)95-73-76(97-80(85)67-63-59-55-51-47-41-32-28-24-20-16-12-8-4)71-91-78(83)65-61-57-53-49-45-42-38-34-30-26-22-18-14-10-6-2/h21,25-26,28,30,32-36,38-40,44,52,56,75-77,82H,5-20,22-24,27,29,31,37,41-43,45-51,53-55,57-74H2,1-4H3,(H,87,88)(H,89,90)/b25-21-,30-26-,32-28-,36-33-,38-34-,39-35-,44-40-,56-52-/t75-,76-,77-/m1/s1. The normalized spacial score (nSPS) is 14.4. The summed E-state index contributed by atoms with van der Waals surface area (Å²) in [5, 5.41) is 10.6. The molecule has 0 bridgehead atoms. The highest BCUT2D eigenvalue weighted by Crippen LogP contribution is 2.45. The molecule has 578 valence electrons. The van der Waals surface area contributed by atoms with Crippen molar-refractivity contribution in [1.29, 1.82) is 0 Å². The minimum atomic E-state index is -4.99. The van der Waals surface area contributed by atoms with E-state index in [-0.39, 0.29) is 25.7 Å². The zero-order valence-corrected chi connectivity index (χ0v) is 64.9. The van der Waals surface area contributed by atoms with Gasteiger partial charge in [-0.25, -0.2) is 9.13 Å². The van der Waals surface area contributed by atoms with E-state index < -0.39 is 97.5 Å². The number of rotatable bonds is 74. The lowest BCUT2D eigenvalue weighted by molar-refractivity contribution is -0.161. The van der Waals surface area contributed by atoms with Crippen LogP contribution in [0.3, 0.4) is 0 Å². The van der Waals surface area contributed by atoms with Crippen LogP contribution in [0.15, 0.2) is 97.2 Å². The molecule has 100 heavy (non-hydrogen) atoms. The highest BCUT2D eigenvalue weighted by molar-refractivity contribution is 7.47. The van der Waals surface area contributed by atoms with Gasteiger partial charge >= 0.3 is 39.5 Å². The van der Waals surface area contributed by atoms with E-state index in [0.717, 1.165) is 141 Å². The number of aliphatic hydroxyl groups excluding tert-OH is 1. The van der Waals surface area contributed by atoms with Crippen molar-refractivity contribution in [2.24, 2.45) is 0 Å². The van der Waals surface area contributed by atoms with Crippen LogP contribution in [-0.4, -0.2) is 96.7 Å². The second-order valence-electron chi connectivity index (χ2n) is 26.3. The predicted molar refractivity (Wildman–Crippen MR) is 409 cm³/mol. The molecular weight excluding hydrogens is 1310 g/mol. The van der Waals surface area contributed by atoms with Crippen LogP contribution < -0.4 is 0 Å². The van der Waals surface area contributed by atoms with Gasteiger partial charge in [-0.3, -0.25) is 37.3 Å². The van der Waals surface area contributed by atoms with E-state index in [1.54, 1.807) is 0 Å². The van der Waals surface area contributed by atoms with Gasteiger partial charge in [0.25, 0.3) is 0 Å². The summed E-state index contributed by atoms with van der Waals surface area (Å²) in [5.41, 5.74) is 0. The lowest BCUT2D eigenvalue weighted by atomic mass is 10.1. The van der Waals surface area contributed by atoms with Crippen LogP contribution in [0.25, 0.3) is 0 Å². The molecular formula is C81H142O17P2. The van der Waals surface area contributed by atoms with E-state index >= 15 is 0 Å². The Morgan fingerprint density at radius 3 is 0.890 bits per heavy atom. The van der Waals surface area contributed by atoms with Gasteiger partial charge in [-0.15, -0.1) is 0 Å². The van der Waals surface area contributed by atoms with Crippen LogP contribution in [-0.2, 0) is 65.4 Å². The minimum Gasteiger partial charge on any atom is -0.462 e. The zero-order chi connectivity index (χ0) is 73.2. The fraction of sp³-hybridized carbons (Fsp3) is 0.753. The first kappa shape index (κ1) is 96.0. The maximum absolute atomic E-state index is 13.1. The maximum Gasteiger partial charge on any atom is 0.472 e. The second kappa shape index (κ2) is 73.3. The molecule has 0 spiro atoms. The Hall–Kier alpha value is -4.02. The molecule has 3 N–H and O–H groups in total. The van der Waals surface area contributed by atoms with Gasteiger partial charge in [-0.05, 0) is 141 Å². The van der Waals surface area contributed by atoms with Gasteiger partial charge in [0.15, 0.2) is 12.2 Å². The number of carbonyl (C=O) groups excluding carboxylic acids is 4. The zero-order valence-electron chi connectivity index (χ0n) is 63.1. The molecule has 2 unspecified atom stereocenters. The SMILES string of the molecule is CCCCC/C=C\C/C=C\C/C=C\C/C=C\CCCC(=O)O[C@H](COC(=O)CCCCCCC/C=C\CCCCCCCC)COP(=O)(O)OC[C@H](O)COP(=O)(O)OC[C@@H](COC(=O)CCCCCCC/C=C\C=C/CCCCCC)OC(=O)CCCCCCC/C=C\CCCCCC. The molecule has 0 fully saturated rings. The van der Waals surface area contributed by atoms with Crippen LogP contribution in [0.2, 0.25) is 0 Å². The van der Waals surface area contributed by atoms with Gasteiger partial charge in [0.05, 0.1) is 26.4 Å². The molecule has 0 heterocycles. The fourth-order valence-corrected chi connectivity index (χ4v) is 12.0. The molecule has 19 heteroatoms. The molecule has 0 aliphatic heterocycles. The van der Waals surface area contributed by atoms with Crippen molar-refractivity contribution < 1.29 is 80.2 Å². The Morgan fingerprint density at radius 2 is 0.530 bits per heavy atom. The van der Waals surface area contributed by atoms with Crippen molar-refractivity contribution in [2.45, 2.75) is 354 Å². The van der Waals surface area contributed by atoms with Crippen molar-refractivity contribution in [1.82, 2.24) is 0 Å². The van der Waals surface area contributed by atoms with Crippen molar-refractivity contribution in [3.8, 4) is 0 Å². The monoisotopic (exact) mass is 1450 g/mol. The summed E-state index contributed by atoms with van der Waals surface area (Å²) in [4.78, 5) is 72.9. The highest BCUT2D eigenvalue weighted by Gasteiger charge is 2.30. The molecule has 0 aromatic heterocycles. The van der Waals surface area contributed by atoms with Crippen molar-refractivity contribution in [3.05, 3.63) is 97.2 Å². The third-order valence-electron chi connectivity index (χ3n) is 16.5. The number of ether oxygens (including phenoxy) is 4. The van der Waals surface area contributed by atoms with E-state index in [9.17, 15) is 43.2 Å². The Kier molecular flexibility index (Phi) is 70.4. The van der Waals surface area contributed by atoms with Crippen molar-refractivity contribution >= 4 is 39.5 Å². The average molecular weight is 1450 g/mol. The number of allylic oxidation sites excluding steroid dienone is 16. The van der Waals surface area contributed by atoms with E-state index in [4.69, 9.17) is 37.0 Å². The topological polar surface area (TPSA) is 237 Å². The number of unbranched alkanes of at least 4 members (excludes halogenated alkanes) is 33. The van der Waals surface area contributed by atoms with Crippen molar-refractivity contribution in [3.63, 3.8) is 0 Å². The number of phosphoric acid groups is 2. The Morgan fingerprint density at radius 1 is 0.290 bits per heavy atom. The lowest BCUT2D eigenvalue weighted by Gasteiger charge is -2.21. The molecule has 0 aromatic carbocycles. The Bertz CT molecular complexity index is 2270. The highest BCUT2D eigenvalue weighted by atomic mass is 31.2. The molecule has 0 rings (SSSR count). The molecule has 0 amide bonds. The summed E-state index contributed by atoms with van der Waals surface area (Å²) in [7, 11) is -9.97. The fourth-order valence-electron chi connectivity index (χ4n) is 10.4. The third-order valence-corrected chi connectivity index (χ3v) is 18.4. The molecule has 0 saturated carbocycles. The van der Waals surface area contributed by atoms with Crippen LogP contribution in [0.1, 0.15) is 336 Å². The maximum atomic E-state index is 13.1. The van der Waals surface area contributed by atoms with Gasteiger partial charge < -0.3 is 33.8 Å². The van der Waals surface area contributed by atoms with E-state index in [1.165, 1.54) is 109 Å². The summed E-state index contributed by atoms with van der Waals surface area (Å²) in [6.45, 7) is 4.73. The van der Waals surface area contributed by atoms with Crippen LogP contribution >= 0.6 is 15.6 Å². The molecule has 0 saturated heterocycles. The summed E-state index contributed by atoms with van der Waals surface area (Å²) >= 11 is 0. The van der Waals surface area contributed by atoms with Gasteiger partial charge in [0.2, 0.25) is 0 Å². The lowest BCUT2D eigenvalue weighted by Crippen LogP contribution is -2.30. The number of carbonyl (C=O) groups is 4. The summed E-state index contributed by atoms with van der Waals surface area (Å²) in [6, 6.07) is 0. The van der Waals surface area contributed by atoms with E-state index in [2.05, 4.69) is 113 Å². The molecule has 0 aliphatic carbocycles. The first-order valence-electron chi connectivity index (χ1n) is 39.5. The molecule has 0 aliphatic rings. The van der Waals surface area contributed by atoms with Gasteiger partial charge in [0, 0.05) is 25.7 Å². The van der Waals surface area contributed by atoms with E-state index in [1.807, 2.05) is 12.2 Å². The first-order valence-corrected chi connectivity index (χ1v) is 42.5. The van der Waals surface area contributed by atoms with E-state index in [0.29, 0.717) is 32.1 Å². The number of hydrogen-bond donors (Lipinski definition) is 3. The van der Waals surface area contributed by atoms with Crippen LogP contribution in [0.4, 0.5) is 0 Å². The first-order chi connectivity index (χ1) is 48.7. The quantitative estimate of drug-likeness (QED) is 0.0128. The summed E-state index contributed by atoms with van der Waals surface area (Å²) in [5.74, 6) is -2.26. The molecule has 5 atom stereocenters. The Balaban J connectivity index is 5.42. The van der Waals surface area contributed by atoms with Crippen molar-refractivity contribution in [2.75, 3.05) is 39.6 Å². The number of esters is 4. The summed E-state index contributed by atoms with van der Waals surface area (Å²) in [6.07, 6.45) is 76.8. The number of hydrogen-bond acceptors (Lipinski definition) is 15. The largest absolute Gasteiger partial charge is 0.472 e. The summed E-state index contributed by atoms with van der Waals surface area (Å²) < 4.78 is 68.5. The van der Waals surface area contributed by atoms with Crippen LogP contribution in [0, 0.1) is 0 Å².